The molecule has 0 N–H and O–H groups in total. The van der Waals surface area contributed by atoms with Crippen LogP contribution in [0.25, 0.3) is 0 Å². The van der Waals surface area contributed by atoms with Crippen molar-refractivity contribution in [1.82, 2.24) is 0 Å². The third-order valence-corrected chi connectivity index (χ3v) is 0. The maximum absolute atomic E-state index is 9.89. The molecule has 0 aromatic heterocycles. The fourth-order valence-corrected chi connectivity index (χ4v) is 0. The maximum Gasteiger partial charge on any atom is 1.00 e. The van der Waals surface area contributed by atoms with Crippen LogP contribution in [0.2, 0.25) is 0 Å². The molecule has 0 unspecified atom stereocenters. The van der Waals surface area contributed by atoms with Gasteiger partial charge in [0.2, 0.25) is 0 Å². The number of hydrogen-bond acceptors (Lipinski definition) is 2. The second kappa shape index (κ2) is 11.3. The van der Waals surface area contributed by atoms with Crippen LogP contribution in [0.3, 0.4) is 0 Å². The smallest absolute Gasteiger partial charge is 0.867 e. The maximum atomic E-state index is 9.89. The van der Waals surface area contributed by atoms with Gasteiger partial charge in [-0.2, -0.15) is 0 Å². The fourth-order valence-electron chi connectivity index (χ4n) is 0. The minimum absolute atomic E-state index is 0. The van der Waals surface area contributed by atoms with E-state index in [4.69, 9.17) is 10.0 Å². The molecule has 0 aliphatic carbocycles. The average molecular weight is 233 g/mol. The van der Waals surface area contributed by atoms with Gasteiger partial charge in [0.1, 0.15) is 7.40 Å². The van der Waals surface area contributed by atoms with E-state index in [-0.39, 0.29) is 116 Å². The Labute approximate surface area is 134 Å². The van der Waals surface area contributed by atoms with Crippen LogP contribution in [0.15, 0.2) is 0 Å². The summed E-state index contributed by atoms with van der Waals surface area (Å²) in [4.78, 5) is 0. The van der Waals surface area contributed by atoms with Crippen molar-refractivity contribution in [1.29, 1.82) is 0 Å². The Balaban J connectivity index is -0.0000000450. The SMILES string of the molecule is [O-]B([O-])F.[Rb+].[Rb+]. The van der Waals surface area contributed by atoms with Crippen LogP contribution in [0.5, 0.6) is 0 Å². The van der Waals surface area contributed by atoms with Crippen molar-refractivity contribution in [3.8, 4) is 0 Å². The Morgan fingerprint density at radius 2 is 1.17 bits per heavy atom. The molecule has 0 fully saturated rings. The molecule has 0 heterocycles. The summed E-state index contributed by atoms with van der Waals surface area (Å²) in [5.74, 6) is 0. The molecule has 0 bridgehead atoms. The molecule has 24 valence electrons. The molecule has 0 aliphatic rings. The van der Waals surface area contributed by atoms with Gasteiger partial charge < -0.3 is 14.4 Å². The number of hydrogen-bond donors (Lipinski definition) is 0. The molecule has 0 aromatic carbocycles. The van der Waals surface area contributed by atoms with Crippen LogP contribution >= 0.6 is 0 Å². The first-order valence-electron chi connectivity index (χ1n) is 0.690. The summed E-state index contributed by atoms with van der Waals surface area (Å²) in [7, 11) is -3.17. The molecule has 0 saturated heterocycles. The molecule has 0 aromatic rings. The first-order chi connectivity index (χ1) is 1.73. The van der Waals surface area contributed by atoms with E-state index in [0.29, 0.717) is 0 Å². The molecule has 6 heteroatoms. The zero-order valence-corrected chi connectivity index (χ0v) is 13.6. The van der Waals surface area contributed by atoms with Crippen molar-refractivity contribution in [3.05, 3.63) is 0 Å². The third-order valence-electron chi connectivity index (χ3n) is 0. The Morgan fingerprint density at radius 3 is 1.17 bits per heavy atom. The summed E-state index contributed by atoms with van der Waals surface area (Å²) in [6.45, 7) is 0. The third kappa shape index (κ3) is 25.8. The van der Waals surface area contributed by atoms with E-state index in [9.17, 15) is 4.32 Å². The molecule has 0 rings (SSSR count). The van der Waals surface area contributed by atoms with E-state index in [0.717, 1.165) is 0 Å². The van der Waals surface area contributed by atoms with E-state index >= 15 is 0 Å². The second-order valence-electron chi connectivity index (χ2n) is 0.274. The average Bonchev–Trinajstić information content (AvgIpc) is 0.811. The molecular formula is BFO2Rb2. The standard InChI is InChI=1S/BFO2.2Rb/c2-1(3)4;;/q-2;2*+1. The summed E-state index contributed by atoms with van der Waals surface area (Å²) in [6.07, 6.45) is 0. The van der Waals surface area contributed by atoms with Crippen LogP contribution in [-0.2, 0) is 0 Å². The predicted molar refractivity (Wildman–Crippen MR) is 6.86 cm³/mol. The molecule has 0 spiro atoms. The Bertz CT molecular complexity index is 16.3. The molecule has 0 radical (unpaired) electrons. The van der Waals surface area contributed by atoms with E-state index in [1.54, 1.807) is 0 Å². The molecule has 0 saturated carbocycles. The minimum Gasteiger partial charge on any atom is -0.867 e. The Morgan fingerprint density at radius 1 is 1.17 bits per heavy atom. The minimum atomic E-state index is -3.17. The summed E-state index contributed by atoms with van der Waals surface area (Å²) in [5.41, 5.74) is 0. The van der Waals surface area contributed by atoms with Gasteiger partial charge in [0.25, 0.3) is 0 Å². The van der Waals surface area contributed by atoms with Crippen molar-refractivity contribution in [3.63, 3.8) is 0 Å². The van der Waals surface area contributed by atoms with Gasteiger partial charge >= 0.3 is 116 Å². The van der Waals surface area contributed by atoms with Crippen molar-refractivity contribution in [2.24, 2.45) is 0 Å². The molecular weight excluding hydrogens is 233 g/mol. The topological polar surface area (TPSA) is 46.1 Å². The number of halogens is 1. The second-order valence-corrected chi connectivity index (χ2v) is 0.274. The molecule has 6 heavy (non-hydrogen) atoms. The van der Waals surface area contributed by atoms with Gasteiger partial charge in [0.15, 0.2) is 0 Å². The fraction of sp³-hybridized carbons (Fsp3) is 0. The van der Waals surface area contributed by atoms with Gasteiger partial charge in [-0.25, -0.2) is 0 Å². The summed E-state index contributed by atoms with van der Waals surface area (Å²) < 4.78 is 9.89. The Hall–Kier alpha value is 3.53. The van der Waals surface area contributed by atoms with Crippen LogP contribution in [0.1, 0.15) is 0 Å². The van der Waals surface area contributed by atoms with Crippen LogP contribution in [-0.4, -0.2) is 7.40 Å². The van der Waals surface area contributed by atoms with E-state index in [1.807, 2.05) is 0 Å². The quantitative estimate of drug-likeness (QED) is 0.390. The zero-order valence-electron chi connectivity index (χ0n) is 3.77. The van der Waals surface area contributed by atoms with Crippen molar-refractivity contribution >= 4 is 7.40 Å². The van der Waals surface area contributed by atoms with Crippen molar-refractivity contribution in [2.75, 3.05) is 0 Å². The predicted octanol–water partition coefficient (Wildman–Crippen LogP) is -8.33. The van der Waals surface area contributed by atoms with Gasteiger partial charge in [0, 0.05) is 0 Å². The van der Waals surface area contributed by atoms with Gasteiger partial charge in [-0.05, 0) is 0 Å². The summed E-state index contributed by atoms with van der Waals surface area (Å²) in [5, 5.41) is 16.6. The van der Waals surface area contributed by atoms with Crippen LogP contribution < -0.4 is 126 Å². The molecule has 2 nitrogen and oxygen atoms in total. The summed E-state index contributed by atoms with van der Waals surface area (Å²) >= 11 is 0. The van der Waals surface area contributed by atoms with E-state index in [1.165, 1.54) is 0 Å². The van der Waals surface area contributed by atoms with E-state index < -0.39 is 7.40 Å². The first kappa shape index (κ1) is 16.3. The molecule has 0 atom stereocenters. The summed E-state index contributed by atoms with van der Waals surface area (Å²) in [6, 6.07) is 0. The van der Waals surface area contributed by atoms with E-state index in [2.05, 4.69) is 0 Å². The van der Waals surface area contributed by atoms with Gasteiger partial charge in [-0.3, -0.25) is 0 Å². The Kier molecular flexibility index (Phi) is 30.7. The number of rotatable bonds is 0. The van der Waals surface area contributed by atoms with Crippen molar-refractivity contribution < 1.29 is 131 Å². The van der Waals surface area contributed by atoms with Crippen molar-refractivity contribution in [2.45, 2.75) is 0 Å². The zero-order chi connectivity index (χ0) is 3.58. The van der Waals surface area contributed by atoms with Gasteiger partial charge in [0.05, 0.1) is 0 Å². The van der Waals surface area contributed by atoms with Crippen LogP contribution in [0.4, 0.5) is 4.32 Å². The molecule has 0 aliphatic heterocycles. The normalized spacial score (nSPS) is 4.50. The first-order valence-corrected chi connectivity index (χ1v) is 0.690. The largest absolute Gasteiger partial charge is 1.00 e. The van der Waals surface area contributed by atoms with Gasteiger partial charge in [-0.1, -0.05) is 0 Å². The monoisotopic (exact) mass is 232 g/mol. The van der Waals surface area contributed by atoms with Gasteiger partial charge in [-0.15, -0.1) is 0 Å². The van der Waals surface area contributed by atoms with Crippen LogP contribution in [0, 0.1) is 0 Å². The molecule has 0 amide bonds.